The van der Waals surface area contributed by atoms with Gasteiger partial charge in [-0.15, -0.1) is 0 Å². The summed E-state index contributed by atoms with van der Waals surface area (Å²) < 4.78 is 7.55. The molecule has 2 heterocycles. The quantitative estimate of drug-likeness (QED) is 0.745. The molecule has 5 nitrogen and oxygen atoms in total. The normalized spacial score (nSPS) is 18.0. The molecule has 1 aromatic heterocycles. The maximum absolute atomic E-state index is 12.6. The Kier molecular flexibility index (Phi) is 4.01. The molecule has 2 aromatic carbocycles. The van der Waals surface area contributed by atoms with Gasteiger partial charge in [0.25, 0.3) is 0 Å². The maximum Gasteiger partial charge on any atom is 0.244 e. The molecule has 0 radical (unpaired) electrons. The molecular weight excluding hydrogens is 302 g/mol. The van der Waals surface area contributed by atoms with Crippen LogP contribution in [0.2, 0.25) is 0 Å². The van der Waals surface area contributed by atoms with E-state index in [4.69, 9.17) is 4.74 Å². The lowest BCUT2D eigenvalue weighted by molar-refractivity contribution is -0.139. The first-order chi connectivity index (χ1) is 11.8. The number of rotatable bonds is 3. The second-order valence-corrected chi connectivity index (χ2v) is 6.00. The molecule has 1 saturated heterocycles. The highest BCUT2D eigenvalue weighted by Crippen LogP contribution is 2.22. The number of aromatic nitrogens is 2. The van der Waals surface area contributed by atoms with Crippen LogP contribution in [0.25, 0.3) is 10.9 Å². The van der Waals surface area contributed by atoms with Crippen molar-refractivity contribution in [2.75, 3.05) is 19.7 Å². The number of morpholine rings is 1. The number of benzene rings is 2. The van der Waals surface area contributed by atoms with E-state index in [-0.39, 0.29) is 18.6 Å². The predicted molar refractivity (Wildman–Crippen MR) is 91.4 cm³/mol. The summed E-state index contributed by atoms with van der Waals surface area (Å²) in [5.74, 6) is 0.0760. The van der Waals surface area contributed by atoms with Crippen LogP contribution in [0, 0.1) is 0 Å². The van der Waals surface area contributed by atoms with E-state index >= 15 is 0 Å². The molecule has 1 unspecified atom stereocenters. The summed E-state index contributed by atoms with van der Waals surface area (Å²) in [6.45, 7) is 2.04. The van der Waals surface area contributed by atoms with Gasteiger partial charge in [-0.05, 0) is 11.6 Å². The van der Waals surface area contributed by atoms with Crippen LogP contribution in [0.4, 0.5) is 0 Å². The molecule has 1 aliphatic heterocycles. The van der Waals surface area contributed by atoms with Gasteiger partial charge in [0.05, 0.1) is 18.7 Å². The van der Waals surface area contributed by atoms with Crippen molar-refractivity contribution in [3.63, 3.8) is 0 Å². The SMILES string of the molecule is O=C(Cn1cc2ccccc2n1)N1CCOC(c2ccccc2)C1. The van der Waals surface area contributed by atoms with Gasteiger partial charge < -0.3 is 9.64 Å². The molecule has 24 heavy (non-hydrogen) atoms. The topological polar surface area (TPSA) is 47.4 Å². The summed E-state index contributed by atoms with van der Waals surface area (Å²) in [7, 11) is 0. The Morgan fingerprint density at radius 3 is 2.75 bits per heavy atom. The highest BCUT2D eigenvalue weighted by atomic mass is 16.5. The highest BCUT2D eigenvalue weighted by Gasteiger charge is 2.25. The van der Waals surface area contributed by atoms with Gasteiger partial charge in [-0.1, -0.05) is 48.5 Å². The van der Waals surface area contributed by atoms with Crippen molar-refractivity contribution in [2.24, 2.45) is 0 Å². The highest BCUT2D eigenvalue weighted by molar-refractivity contribution is 5.80. The number of amides is 1. The summed E-state index contributed by atoms with van der Waals surface area (Å²) in [5.41, 5.74) is 2.02. The van der Waals surface area contributed by atoms with E-state index in [2.05, 4.69) is 5.10 Å². The van der Waals surface area contributed by atoms with E-state index in [9.17, 15) is 4.79 Å². The number of ether oxygens (including phenoxy) is 1. The van der Waals surface area contributed by atoms with Crippen LogP contribution in [0.15, 0.2) is 60.8 Å². The largest absolute Gasteiger partial charge is 0.370 e. The average Bonchev–Trinajstić information content (AvgIpc) is 3.05. The van der Waals surface area contributed by atoms with Crippen LogP contribution in [0.1, 0.15) is 11.7 Å². The monoisotopic (exact) mass is 321 g/mol. The molecule has 1 atom stereocenters. The molecule has 0 bridgehead atoms. The third kappa shape index (κ3) is 3.03. The number of carbonyl (C=O) groups excluding carboxylic acids is 1. The van der Waals surface area contributed by atoms with Crippen molar-refractivity contribution in [3.05, 3.63) is 66.4 Å². The second-order valence-electron chi connectivity index (χ2n) is 6.00. The van der Waals surface area contributed by atoms with Gasteiger partial charge in [0.1, 0.15) is 12.6 Å². The molecule has 122 valence electrons. The minimum Gasteiger partial charge on any atom is -0.370 e. The first kappa shape index (κ1) is 14.9. The van der Waals surface area contributed by atoms with Gasteiger partial charge in [0.2, 0.25) is 5.91 Å². The smallest absolute Gasteiger partial charge is 0.244 e. The molecule has 1 aliphatic rings. The molecule has 0 aliphatic carbocycles. The Morgan fingerprint density at radius 2 is 1.92 bits per heavy atom. The Bertz CT molecular complexity index is 811. The van der Waals surface area contributed by atoms with Crippen molar-refractivity contribution < 1.29 is 9.53 Å². The number of fused-ring (bicyclic) bond motifs is 1. The van der Waals surface area contributed by atoms with E-state index in [1.54, 1.807) is 4.68 Å². The number of hydrogen-bond acceptors (Lipinski definition) is 3. The second kappa shape index (κ2) is 6.45. The molecular formula is C19H19N3O2. The standard InChI is InChI=1S/C19H19N3O2/c23-19(14-22-12-16-8-4-5-9-17(16)20-22)21-10-11-24-18(13-21)15-6-2-1-3-7-15/h1-9,12,18H,10-11,13-14H2. The summed E-state index contributed by atoms with van der Waals surface area (Å²) in [5, 5.41) is 5.51. The van der Waals surface area contributed by atoms with E-state index in [1.165, 1.54) is 0 Å². The lowest BCUT2D eigenvalue weighted by Crippen LogP contribution is -2.43. The minimum atomic E-state index is -0.0550. The van der Waals surface area contributed by atoms with Crippen LogP contribution < -0.4 is 0 Å². The zero-order valence-electron chi connectivity index (χ0n) is 13.3. The van der Waals surface area contributed by atoms with Gasteiger partial charge in [-0.25, -0.2) is 0 Å². The summed E-state index contributed by atoms with van der Waals surface area (Å²) in [6.07, 6.45) is 1.86. The fourth-order valence-electron chi connectivity index (χ4n) is 3.08. The van der Waals surface area contributed by atoms with Crippen LogP contribution in [-0.4, -0.2) is 40.3 Å². The van der Waals surface area contributed by atoms with E-state index in [0.29, 0.717) is 19.7 Å². The Balaban J connectivity index is 1.45. The Hall–Kier alpha value is -2.66. The van der Waals surface area contributed by atoms with Crippen molar-refractivity contribution >= 4 is 16.8 Å². The number of carbonyl (C=O) groups is 1. The van der Waals surface area contributed by atoms with E-state index < -0.39 is 0 Å². The summed E-state index contributed by atoms with van der Waals surface area (Å²) in [4.78, 5) is 14.5. The lowest BCUT2D eigenvalue weighted by atomic mass is 10.1. The molecule has 0 spiro atoms. The van der Waals surface area contributed by atoms with Crippen molar-refractivity contribution in [1.29, 1.82) is 0 Å². The molecule has 0 N–H and O–H groups in total. The first-order valence-electron chi connectivity index (χ1n) is 8.16. The van der Waals surface area contributed by atoms with Crippen LogP contribution in [0.3, 0.4) is 0 Å². The first-order valence-corrected chi connectivity index (χ1v) is 8.16. The Morgan fingerprint density at radius 1 is 1.12 bits per heavy atom. The zero-order valence-corrected chi connectivity index (χ0v) is 13.3. The molecule has 5 heteroatoms. The van der Waals surface area contributed by atoms with Gasteiger partial charge >= 0.3 is 0 Å². The fraction of sp³-hybridized carbons (Fsp3) is 0.263. The van der Waals surface area contributed by atoms with Gasteiger partial charge in [-0.3, -0.25) is 9.48 Å². The third-order valence-electron chi connectivity index (χ3n) is 4.35. The summed E-state index contributed by atoms with van der Waals surface area (Å²) in [6, 6.07) is 17.9. The van der Waals surface area contributed by atoms with Crippen LogP contribution >= 0.6 is 0 Å². The van der Waals surface area contributed by atoms with Crippen molar-refractivity contribution in [3.8, 4) is 0 Å². The van der Waals surface area contributed by atoms with Crippen LogP contribution in [-0.2, 0) is 16.1 Å². The molecule has 4 rings (SSSR count). The summed E-state index contributed by atoms with van der Waals surface area (Å²) >= 11 is 0. The lowest BCUT2D eigenvalue weighted by Gasteiger charge is -2.33. The molecule has 3 aromatic rings. The minimum absolute atomic E-state index is 0.0550. The number of hydrogen-bond donors (Lipinski definition) is 0. The third-order valence-corrected chi connectivity index (χ3v) is 4.35. The van der Waals surface area contributed by atoms with Crippen LogP contribution in [0.5, 0.6) is 0 Å². The molecule has 1 fully saturated rings. The average molecular weight is 321 g/mol. The molecule has 0 saturated carbocycles. The van der Waals surface area contributed by atoms with Gasteiger partial charge in [0.15, 0.2) is 0 Å². The molecule has 1 amide bonds. The van der Waals surface area contributed by atoms with Gasteiger partial charge in [0, 0.05) is 18.1 Å². The van der Waals surface area contributed by atoms with Gasteiger partial charge in [-0.2, -0.15) is 5.10 Å². The van der Waals surface area contributed by atoms with Crippen molar-refractivity contribution in [2.45, 2.75) is 12.6 Å². The Labute approximate surface area is 140 Å². The number of nitrogens with zero attached hydrogens (tertiary/aromatic N) is 3. The van der Waals surface area contributed by atoms with E-state index in [0.717, 1.165) is 16.5 Å². The maximum atomic E-state index is 12.6. The van der Waals surface area contributed by atoms with Crippen molar-refractivity contribution in [1.82, 2.24) is 14.7 Å². The fourth-order valence-corrected chi connectivity index (χ4v) is 3.08. The van der Waals surface area contributed by atoms with E-state index in [1.807, 2.05) is 65.7 Å². The zero-order chi connectivity index (χ0) is 16.4. The predicted octanol–water partition coefficient (Wildman–Crippen LogP) is 2.64.